The monoisotopic (exact) mass is 997 g/mol. The van der Waals surface area contributed by atoms with E-state index in [4.69, 9.17) is 5.26 Å². The van der Waals surface area contributed by atoms with Crippen molar-refractivity contribution >= 4 is 36.6 Å². The molecule has 6 heterocycles. The van der Waals surface area contributed by atoms with Gasteiger partial charge in [-0.15, -0.1) is 0 Å². The van der Waals surface area contributed by atoms with Gasteiger partial charge in [0, 0.05) is 85.5 Å². The Morgan fingerprint density at radius 2 is 0.411 bits per heavy atom. The number of likely N-dealkylation sites (tertiary alicyclic amines) is 6. The summed E-state index contributed by atoms with van der Waals surface area (Å²) in [5.74, 6) is 0. The molecule has 6 saturated heterocycles. The summed E-state index contributed by atoms with van der Waals surface area (Å²) in [6, 6.07) is 1.75. The van der Waals surface area contributed by atoms with E-state index in [1.807, 2.05) is 0 Å². The van der Waals surface area contributed by atoms with E-state index in [-0.39, 0.29) is 83.4 Å². The SMILES string of the molecule is CC#N.O=C([O-])N1CCCC1.O=C([O-])N1CCCC1.O=C([O-])N1CCCC1.O=C([O-])N1CCCC1.O=C([O-])N1CCCC1.O=C([O-])N1CCCC1.[O-2].[Zn+2].[Zn+2].[Zn+2].[Zn+2]. The maximum atomic E-state index is 10.0. The van der Waals surface area contributed by atoms with Crippen molar-refractivity contribution in [2.45, 2.75) is 84.0 Å². The van der Waals surface area contributed by atoms with Crippen LogP contribution in [-0.2, 0) is 83.4 Å². The third-order valence-electron chi connectivity index (χ3n) is 8.19. The molecule has 0 bridgehead atoms. The van der Waals surface area contributed by atoms with Crippen molar-refractivity contribution in [2.24, 2.45) is 0 Å². The summed E-state index contributed by atoms with van der Waals surface area (Å²) < 4.78 is 0. The molecular formula is C32H51N7O13Zn4. The summed E-state index contributed by atoms with van der Waals surface area (Å²) in [7, 11) is 0. The summed E-state index contributed by atoms with van der Waals surface area (Å²) in [5, 5.41) is 67.4. The molecule has 6 rings (SSSR count). The van der Waals surface area contributed by atoms with Crippen LogP contribution in [-0.4, -0.2) is 144 Å². The molecule has 0 atom stereocenters. The quantitative estimate of drug-likeness (QED) is 0.218. The first-order valence-corrected chi connectivity index (χ1v) is 17.3. The molecule has 6 fully saturated rings. The van der Waals surface area contributed by atoms with Gasteiger partial charge >= 0.3 is 77.9 Å². The Morgan fingerprint density at radius 1 is 0.339 bits per heavy atom. The predicted octanol–water partition coefficient (Wildman–Crippen LogP) is -3.05. The maximum Gasteiger partial charge on any atom is 2.00 e. The van der Waals surface area contributed by atoms with Crippen molar-refractivity contribution in [3.05, 3.63) is 0 Å². The second-order valence-electron chi connectivity index (χ2n) is 12.0. The molecule has 0 aromatic heterocycles. The van der Waals surface area contributed by atoms with Gasteiger partial charge in [0.05, 0.1) is 6.07 Å². The number of nitriles is 1. The molecule has 6 aliphatic rings. The van der Waals surface area contributed by atoms with Crippen molar-refractivity contribution in [3.8, 4) is 6.07 Å². The molecule has 20 nitrogen and oxygen atoms in total. The average molecular weight is 1000 g/mol. The first-order valence-electron chi connectivity index (χ1n) is 17.3. The molecule has 0 N–H and O–H groups in total. The Labute approximate surface area is 380 Å². The van der Waals surface area contributed by atoms with Gasteiger partial charge in [0.1, 0.15) is 36.6 Å². The second-order valence-corrected chi connectivity index (χ2v) is 12.0. The molecule has 0 unspecified atom stereocenters. The molecule has 0 spiro atoms. The zero-order valence-corrected chi connectivity index (χ0v) is 44.6. The summed E-state index contributed by atoms with van der Waals surface area (Å²) in [6.45, 7) is 9.46. The van der Waals surface area contributed by atoms with Gasteiger partial charge in [-0.25, -0.2) is 0 Å². The standard InChI is InChI=1S/6C5H9NO2.C2H3N.O.4Zn/c6*7-5(8)6-3-1-2-4-6;1-2-3;;;;;/h6*1-4H2,(H,7,8);1H3;;;;;/q;;;;;;;-2;4*+2/p-6. The molecule has 0 aromatic carbocycles. The number of carboxylic acid groups (broad SMARTS) is 6. The number of carbonyl (C=O) groups is 6. The summed E-state index contributed by atoms with van der Waals surface area (Å²) >= 11 is 0. The normalized spacial score (nSPS) is 16.6. The first-order chi connectivity index (χ1) is 24.2. The van der Waals surface area contributed by atoms with Crippen molar-refractivity contribution in [2.75, 3.05) is 78.5 Å². The molecule has 24 heteroatoms. The molecule has 0 aromatic rings. The molecule has 300 valence electrons. The van der Waals surface area contributed by atoms with Crippen LogP contribution in [0.5, 0.6) is 0 Å². The zero-order chi connectivity index (χ0) is 38.6. The number of rotatable bonds is 0. The molecular weight excluding hydrogens is 952 g/mol. The molecule has 0 saturated carbocycles. The van der Waals surface area contributed by atoms with Crippen LogP contribution in [0.4, 0.5) is 28.8 Å². The topological polar surface area (TPSA) is 313 Å². The maximum absolute atomic E-state index is 10.0. The Morgan fingerprint density at radius 3 is 0.446 bits per heavy atom. The van der Waals surface area contributed by atoms with Crippen LogP contribution in [0.1, 0.15) is 84.0 Å². The van der Waals surface area contributed by atoms with Gasteiger partial charge in [0.25, 0.3) is 0 Å². The Bertz CT molecular complexity index is 892. The second kappa shape index (κ2) is 40.7. The van der Waals surface area contributed by atoms with Gasteiger partial charge in [0.2, 0.25) is 0 Å². The fourth-order valence-electron chi connectivity index (χ4n) is 5.40. The van der Waals surface area contributed by atoms with Gasteiger partial charge in [-0.3, -0.25) is 0 Å². The van der Waals surface area contributed by atoms with Crippen LogP contribution >= 0.6 is 0 Å². The van der Waals surface area contributed by atoms with Crippen LogP contribution in [0.15, 0.2) is 0 Å². The summed E-state index contributed by atoms with van der Waals surface area (Å²) in [6.07, 6.45) is 5.78. The van der Waals surface area contributed by atoms with E-state index in [9.17, 15) is 59.4 Å². The fraction of sp³-hybridized carbons (Fsp3) is 0.781. The Balaban J connectivity index is -0.000000130. The zero-order valence-electron chi connectivity index (χ0n) is 32.7. The van der Waals surface area contributed by atoms with Gasteiger partial charge in [-0.1, -0.05) is 0 Å². The largest absolute Gasteiger partial charge is 2.00 e. The number of nitrogens with zero attached hydrogens (tertiary/aromatic N) is 7. The number of hydrogen-bond acceptors (Lipinski definition) is 13. The number of amides is 6. The van der Waals surface area contributed by atoms with E-state index in [0.29, 0.717) is 78.5 Å². The minimum Gasteiger partial charge on any atom is -2.00 e. The van der Waals surface area contributed by atoms with Gasteiger partial charge in [-0.2, -0.15) is 5.26 Å². The Kier molecular flexibility index (Phi) is 47.6. The fourth-order valence-corrected chi connectivity index (χ4v) is 5.40. The van der Waals surface area contributed by atoms with E-state index in [0.717, 1.165) is 77.0 Å². The van der Waals surface area contributed by atoms with E-state index >= 15 is 0 Å². The molecule has 0 aliphatic carbocycles. The Hall–Kier alpha value is -2.44. The van der Waals surface area contributed by atoms with Crippen molar-refractivity contribution in [3.63, 3.8) is 0 Å². The first kappa shape index (κ1) is 65.4. The van der Waals surface area contributed by atoms with Gasteiger partial charge < -0.3 is 94.3 Å². The van der Waals surface area contributed by atoms with Crippen molar-refractivity contribution in [1.29, 1.82) is 5.26 Å². The number of carbonyl (C=O) groups excluding carboxylic acids is 6. The van der Waals surface area contributed by atoms with Gasteiger partial charge in [-0.05, 0) is 77.0 Å². The minimum atomic E-state index is -1.03. The average Bonchev–Trinajstić information content (AvgIpc) is 3.96. The van der Waals surface area contributed by atoms with Crippen LogP contribution in [0, 0.1) is 11.3 Å². The van der Waals surface area contributed by atoms with Crippen LogP contribution in [0.3, 0.4) is 0 Å². The van der Waals surface area contributed by atoms with E-state index in [1.165, 1.54) is 36.3 Å². The van der Waals surface area contributed by atoms with Crippen molar-refractivity contribution in [1.82, 2.24) is 29.4 Å². The molecule has 6 aliphatic heterocycles. The van der Waals surface area contributed by atoms with Crippen LogP contribution in [0.25, 0.3) is 0 Å². The van der Waals surface area contributed by atoms with E-state index in [1.54, 1.807) is 6.07 Å². The summed E-state index contributed by atoms with van der Waals surface area (Å²) in [4.78, 5) is 68.1. The smallest absolute Gasteiger partial charge is 2.00 e. The van der Waals surface area contributed by atoms with Crippen molar-refractivity contribution < 1.29 is 143 Å². The van der Waals surface area contributed by atoms with Crippen LogP contribution in [0.2, 0.25) is 0 Å². The predicted molar refractivity (Wildman–Crippen MR) is 169 cm³/mol. The molecule has 56 heavy (non-hydrogen) atoms. The van der Waals surface area contributed by atoms with Crippen LogP contribution < -0.4 is 30.6 Å². The molecule has 6 amide bonds. The van der Waals surface area contributed by atoms with E-state index in [2.05, 4.69) is 0 Å². The molecule has 0 radical (unpaired) electrons. The van der Waals surface area contributed by atoms with E-state index < -0.39 is 36.6 Å². The third-order valence-corrected chi connectivity index (χ3v) is 8.19. The number of hydrogen-bond donors (Lipinski definition) is 0. The minimum absolute atomic E-state index is 0. The summed E-state index contributed by atoms with van der Waals surface area (Å²) in [5.41, 5.74) is 0. The third kappa shape index (κ3) is 32.6. The van der Waals surface area contributed by atoms with Gasteiger partial charge in [0.15, 0.2) is 0 Å².